The summed E-state index contributed by atoms with van der Waals surface area (Å²) < 4.78 is 16.3. The monoisotopic (exact) mass is 393 g/mol. The second-order valence-corrected chi connectivity index (χ2v) is 7.58. The molecule has 2 aliphatic heterocycles. The van der Waals surface area contributed by atoms with Gasteiger partial charge in [-0.1, -0.05) is 11.8 Å². The number of phenolic OH excluding ortho intramolecular Hbond substituents is 1. The molecule has 2 aromatic heterocycles. The van der Waals surface area contributed by atoms with E-state index >= 15 is 0 Å². The summed E-state index contributed by atoms with van der Waals surface area (Å²) in [6.45, 7) is 4.06. The van der Waals surface area contributed by atoms with Gasteiger partial charge in [-0.2, -0.15) is 0 Å². The molecule has 2 aliphatic rings. The normalized spacial score (nSPS) is 25.8. The Labute approximate surface area is 166 Å². The molecule has 3 aromatic rings. The van der Waals surface area contributed by atoms with E-state index in [1.807, 2.05) is 0 Å². The van der Waals surface area contributed by atoms with Gasteiger partial charge in [0, 0.05) is 29.6 Å². The molecule has 9 heteroatoms. The molecule has 1 aromatic carbocycles. The van der Waals surface area contributed by atoms with Gasteiger partial charge < -0.3 is 10.4 Å². The molecular formula is C20H20FN7O. The SMILES string of the molecule is C=C(c1ncc(-c2ccc(-n3ccnn3)cc2O)nn1)[C@H]1C[C@@H]2CC[C@@H](N2)[C@@H]1F. The topological polar surface area (TPSA) is 102 Å². The molecule has 2 saturated heterocycles. The quantitative estimate of drug-likeness (QED) is 0.701. The van der Waals surface area contributed by atoms with Gasteiger partial charge in [0.2, 0.25) is 0 Å². The Morgan fingerprint density at radius 2 is 2.17 bits per heavy atom. The standard InChI is InChI=1S/C20H20FN7O/c1-11(15-8-12-2-5-16(24-12)19(15)21)20-22-10-17(25-26-20)14-4-3-13(9-18(14)29)28-7-6-23-27-28/h3-4,6-7,9-10,12,15-16,19,24,29H,1-2,5,8H2/t12-,15+,16+,19+/m0/s1. The van der Waals surface area contributed by atoms with E-state index in [1.54, 1.807) is 35.3 Å². The van der Waals surface area contributed by atoms with Gasteiger partial charge in [-0.15, -0.1) is 15.3 Å². The molecule has 148 valence electrons. The third-order valence-corrected chi connectivity index (χ3v) is 5.82. The van der Waals surface area contributed by atoms with Crippen molar-refractivity contribution in [2.75, 3.05) is 0 Å². The van der Waals surface area contributed by atoms with Crippen LogP contribution in [0.3, 0.4) is 0 Å². The maximum atomic E-state index is 14.8. The Hall–Kier alpha value is -3.20. The second-order valence-electron chi connectivity index (χ2n) is 7.58. The molecule has 29 heavy (non-hydrogen) atoms. The van der Waals surface area contributed by atoms with Crippen molar-refractivity contribution in [1.29, 1.82) is 0 Å². The van der Waals surface area contributed by atoms with Gasteiger partial charge in [0.15, 0.2) is 5.82 Å². The molecule has 0 spiro atoms. The van der Waals surface area contributed by atoms with Crippen LogP contribution >= 0.6 is 0 Å². The Morgan fingerprint density at radius 3 is 2.90 bits per heavy atom. The summed E-state index contributed by atoms with van der Waals surface area (Å²) in [5, 5.41) is 29.7. The number of hydrogen-bond acceptors (Lipinski definition) is 7. The number of aromatic hydroxyl groups is 1. The fraction of sp³-hybridized carbons (Fsp3) is 0.350. The molecule has 2 fully saturated rings. The van der Waals surface area contributed by atoms with E-state index < -0.39 is 6.17 Å². The zero-order valence-electron chi connectivity index (χ0n) is 15.6. The number of benzene rings is 1. The summed E-state index contributed by atoms with van der Waals surface area (Å²) >= 11 is 0. The van der Waals surface area contributed by atoms with Crippen molar-refractivity contribution in [2.45, 2.75) is 37.5 Å². The van der Waals surface area contributed by atoms with E-state index in [0.717, 1.165) is 12.8 Å². The molecule has 0 aliphatic carbocycles. The number of nitrogens with zero attached hydrogens (tertiary/aromatic N) is 6. The third-order valence-electron chi connectivity index (χ3n) is 5.82. The van der Waals surface area contributed by atoms with Gasteiger partial charge in [0.25, 0.3) is 0 Å². The van der Waals surface area contributed by atoms with Gasteiger partial charge in [0.1, 0.15) is 17.6 Å². The zero-order chi connectivity index (χ0) is 20.0. The van der Waals surface area contributed by atoms with Crippen molar-refractivity contribution in [3.05, 3.63) is 49.2 Å². The molecule has 2 bridgehead atoms. The van der Waals surface area contributed by atoms with Crippen LogP contribution in [0.4, 0.5) is 4.39 Å². The molecule has 0 radical (unpaired) electrons. The Bertz CT molecular complexity index is 1040. The highest BCUT2D eigenvalue weighted by molar-refractivity contribution is 5.68. The fourth-order valence-corrected chi connectivity index (χ4v) is 4.28. The van der Waals surface area contributed by atoms with Gasteiger partial charge in [0.05, 0.1) is 24.3 Å². The molecule has 0 saturated carbocycles. The molecular weight excluding hydrogens is 373 g/mol. The van der Waals surface area contributed by atoms with Crippen molar-refractivity contribution in [3.63, 3.8) is 0 Å². The van der Waals surface area contributed by atoms with Gasteiger partial charge in [-0.05, 0) is 37.0 Å². The largest absolute Gasteiger partial charge is 0.507 e. The third kappa shape index (κ3) is 3.17. The van der Waals surface area contributed by atoms with Crippen LogP contribution in [-0.2, 0) is 0 Å². The first-order chi connectivity index (χ1) is 14.1. The van der Waals surface area contributed by atoms with Crippen LogP contribution in [0.2, 0.25) is 0 Å². The van der Waals surface area contributed by atoms with Crippen LogP contribution in [0.1, 0.15) is 25.1 Å². The van der Waals surface area contributed by atoms with Crippen molar-refractivity contribution in [2.24, 2.45) is 5.92 Å². The predicted octanol–water partition coefficient (Wildman–Crippen LogP) is 2.32. The summed E-state index contributed by atoms with van der Waals surface area (Å²) in [6.07, 6.45) is 6.34. The summed E-state index contributed by atoms with van der Waals surface area (Å²) in [4.78, 5) is 4.35. The number of piperidine rings is 1. The number of alkyl halides is 1. The van der Waals surface area contributed by atoms with E-state index in [1.165, 1.54) is 6.20 Å². The van der Waals surface area contributed by atoms with Crippen molar-refractivity contribution >= 4 is 5.57 Å². The number of nitrogens with one attached hydrogen (secondary N) is 1. The molecule has 2 N–H and O–H groups in total. The number of phenols is 1. The van der Waals surface area contributed by atoms with E-state index in [0.29, 0.717) is 40.8 Å². The van der Waals surface area contributed by atoms with E-state index in [4.69, 9.17) is 0 Å². The van der Waals surface area contributed by atoms with Crippen molar-refractivity contribution in [3.8, 4) is 22.7 Å². The average molecular weight is 393 g/mol. The number of allylic oxidation sites excluding steroid dienone is 1. The lowest BCUT2D eigenvalue weighted by molar-refractivity contribution is 0.167. The minimum atomic E-state index is -0.988. The molecule has 0 amide bonds. The summed E-state index contributed by atoms with van der Waals surface area (Å²) in [7, 11) is 0. The number of halogens is 1. The van der Waals surface area contributed by atoms with Crippen LogP contribution in [0, 0.1) is 5.92 Å². The first-order valence-electron chi connectivity index (χ1n) is 9.59. The van der Waals surface area contributed by atoms with Crippen LogP contribution in [0.25, 0.3) is 22.5 Å². The zero-order valence-corrected chi connectivity index (χ0v) is 15.6. The number of hydrogen-bond donors (Lipinski definition) is 2. The number of fused-ring (bicyclic) bond motifs is 2. The maximum Gasteiger partial charge on any atom is 0.177 e. The van der Waals surface area contributed by atoms with E-state index in [-0.39, 0.29) is 17.7 Å². The first kappa shape index (κ1) is 17.9. The fourth-order valence-electron chi connectivity index (χ4n) is 4.28. The maximum absolute atomic E-state index is 14.8. The lowest BCUT2D eigenvalue weighted by Gasteiger charge is -2.33. The van der Waals surface area contributed by atoms with Gasteiger partial charge >= 0.3 is 0 Å². The summed E-state index contributed by atoms with van der Waals surface area (Å²) in [5.41, 5.74) is 2.17. The number of aromatic nitrogens is 6. The Morgan fingerprint density at radius 1 is 1.28 bits per heavy atom. The van der Waals surface area contributed by atoms with Gasteiger partial charge in [-0.25, -0.2) is 14.1 Å². The minimum absolute atomic E-state index is 0.0272. The van der Waals surface area contributed by atoms with Crippen molar-refractivity contribution in [1.82, 2.24) is 35.5 Å². The predicted molar refractivity (Wildman–Crippen MR) is 104 cm³/mol. The van der Waals surface area contributed by atoms with Crippen LogP contribution in [-0.4, -0.2) is 53.5 Å². The highest BCUT2D eigenvalue weighted by Gasteiger charge is 2.43. The molecule has 4 heterocycles. The highest BCUT2D eigenvalue weighted by atomic mass is 19.1. The van der Waals surface area contributed by atoms with E-state index in [2.05, 4.69) is 37.4 Å². The molecule has 8 nitrogen and oxygen atoms in total. The summed E-state index contributed by atoms with van der Waals surface area (Å²) in [5.74, 6) is 0.0811. The minimum Gasteiger partial charge on any atom is -0.507 e. The Kier molecular flexibility index (Phi) is 4.31. The lowest BCUT2D eigenvalue weighted by atomic mass is 9.84. The average Bonchev–Trinajstić information content (AvgIpc) is 3.41. The van der Waals surface area contributed by atoms with Crippen molar-refractivity contribution < 1.29 is 9.50 Å². The van der Waals surface area contributed by atoms with Crippen LogP contribution in [0.5, 0.6) is 5.75 Å². The molecule has 4 atom stereocenters. The van der Waals surface area contributed by atoms with Gasteiger partial charge in [-0.3, -0.25) is 0 Å². The second kappa shape index (κ2) is 7.00. The summed E-state index contributed by atoms with van der Waals surface area (Å²) in [6, 6.07) is 5.30. The first-order valence-corrected chi connectivity index (χ1v) is 9.59. The lowest BCUT2D eigenvalue weighted by Crippen LogP contribution is -2.47. The Balaban J connectivity index is 1.37. The molecule has 0 unspecified atom stereocenters. The number of rotatable bonds is 4. The highest BCUT2D eigenvalue weighted by Crippen LogP contribution is 2.39. The van der Waals surface area contributed by atoms with Crippen LogP contribution < -0.4 is 5.32 Å². The van der Waals surface area contributed by atoms with E-state index in [9.17, 15) is 9.50 Å². The van der Waals surface area contributed by atoms with Crippen LogP contribution in [0.15, 0.2) is 43.4 Å². The smallest absolute Gasteiger partial charge is 0.177 e. The molecule has 5 rings (SSSR count).